The van der Waals surface area contributed by atoms with Gasteiger partial charge >= 0.3 is 6.03 Å². The summed E-state index contributed by atoms with van der Waals surface area (Å²) < 4.78 is 1.77. The van der Waals surface area contributed by atoms with Gasteiger partial charge in [0.25, 0.3) is 5.91 Å². The van der Waals surface area contributed by atoms with Crippen molar-refractivity contribution in [1.82, 2.24) is 30.1 Å². The molecule has 1 saturated carbocycles. The van der Waals surface area contributed by atoms with Crippen LogP contribution in [0.4, 0.5) is 4.79 Å². The zero-order valence-electron chi connectivity index (χ0n) is 16.9. The highest BCUT2D eigenvalue weighted by Crippen LogP contribution is 2.46. The molecule has 2 N–H and O–H groups in total. The Balaban J connectivity index is 1.42. The first kappa shape index (κ1) is 19.4. The maximum atomic E-state index is 13.1. The first-order valence-electron chi connectivity index (χ1n) is 9.89. The zero-order valence-corrected chi connectivity index (χ0v) is 16.9. The number of nitrogens with one attached hydrogen (secondary N) is 2. The summed E-state index contributed by atoms with van der Waals surface area (Å²) >= 11 is 0. The zero-order chi connectivity index (χ0) is 20.8. The van der Waals surface area contributed by atoms with Crippen LogP contribution in [0.1, 0.15) is 45.9 Å². The number of aromatic nitrogens is 3. The van der Waals surface area contributed by atoms with E-state index in [0.29, 0.717) is 30.2 Å². The first-order valence-corrected chi connectivity index (χ1v) is 9.89. The van der Waals surface area contributed by atoms with E-state index in [1.54, 1.807) is 4.40 Å². The molecule has 2 aromatic heterocycles. The Hall–Kier alpha value is -2.97. The van der Waals surface area contributed by atoms with Gasteiger partial charge in [0.05, 0.1) is 6.54 Å². The van der Waals surface area contributed by atoms with Crippen LogP contribution in [0.2, 0.25) is 0 Å². The van der Waals surface area contributed by atoms with E-state index in [1.807, 2.05) is 24.4 Å². The van der Waals surface area contributed by atoms with Crippen LogP contribution in [0.25, 0.3) is 5.65 Å². The van der Waals surface area contributed by atoms with E-state index < -0.39 is 17.5 Å². The second-order valence-corrected chi connectivity index (χ2v) is 9.08. The molecule has 1 saturated heterocycles. The number of rotatable bonds is 4. The molecular formula is C20H26N6O3. The number of carbonyl (C=O) groups excluding carboxylic acids is 3. The molecule has 0 bridgehead atoms. The van der Waals surface area contributed by atoms with E-state index in [1.165, 1.54) is 0 Å². The van der Waals surface area contributed by atoms with Gasteiger partial charge in [-0.05, 0) is 42.7 Å². The van der Waals surface area contributed by atoms with E-state index in [-0.39, 0.29) is 24.4 Å². The van der Waals surface area contributed by atoms with Crippen LogP contribution >= 0.6 is 0 Å². The molecule has 154 valence electrons. The van der Waals surface area contributed by atoms with Crippen LogP contribution in [0.3, 0.4) is 0 Å². The summed E-state index contributed by atoms with van der Waals surface area (Å²) in [7, 11) is 0. The summed E-state index contributed by atoms with van der Waals surface area (Å²) in [5.41, 5.74) is -0.267. The quantitative estimate of drug-likeness (QED) is 0.759. The lowest BCUT2D eigenvalue weighted by Gasteiger charge is -2.43. The maximum absolute atomic E-state index is 13.1. The smallest absolute Gasteiger partial charge is 0.325 e. The standard InChI is InChI=1S/C20H26N6O3/c1-13-8-19(2,3)12-20(9-13)17(28)26(18(29)22-20)11-16(27)21-10-15-24-23-14-6-4-5-7-25(14)15/h4-7,13H,8-12H2,1-3H3,(H,21,27)(H,22,29)/t13-,20-/m1/s1. The largest absolute Gasteiger partial charge is 0.347 e. The molecule has 29 heavy (non-hydrogen) atoms. The molecule has 1 aliphatic carbocycles. The number of pyridine rings is 1. The highest BCUT2D eigenvalue weighted by molar-refractivity contribution is 6.09. The normalized spacial score (nSPS) is 26.2. The summed E-state index contributed by atoms with van der Waals surface area (Å²) in [5.74, 6) is 0.176. The summed E-state index contributed by atoms with van der Waals surface area (Å²) in [6, 6.07) is 5.02. The predicted octanol–water partition coefficient (Wildman–Crippen LogP) is 1.48. The van der Waals surface area contributed by atoms with Crippen molar-refractivity contribution in [2.45, 2.75) is 52.1 Å². The molecule has 4 amide bonds. The monoisotopic (exact) mass is 398 g/mol. The number of hydrogen-bond acceptors (Lipinski definition) is 5. The van der Waals surface area contributed by atoms with Crippen molar-refractivity contribution < 1.29 is 14.4 Å². The summed E-state index contributed by atoms with van der Waals surface area (Å²) in [6.45, 7) is 6.17. The minimum absolute atomic E-state index is 0.0480. The van der Waals surface area contributed by atoms with E-state index in [9.17, 15) is 14.4 Å². The fourth-order valence-corrected chi connectivity index (χ4v) is 5.04. The van der Waals surface area contributed by atoms with Crippen LogP contribution in [0.5, 0.6) is 0 Å². The fraction of sp³-hybridized carbons (Fsp3) is 0.550. The summed E-state index contributed by atoms with van der Waals surface area (Å²) in [5, 5.41) is 13.7. The summed E-state index contributed by atoms with van der Waals surface area (Å²) in [4.78, 5) is 39.1. The molecule has 4 rings (SSSR count). The second kappa shape index (κ2) is 6.82. The minimum atomic E-state index is -0.901. The molecular weight excluding hydrogens is 372 g/mol. The topological polar surface area (TPSA) is 109 Å². The molecule has 2 atom stereocenters. The van der Waals surface area contributed by atoms with Crippen molar-refractivity contribution in [1.29, 1.82) is 0 Å². The van der Waals surface area contributed by atoms with Crippen LogP contribution in [0, 0.1) is 11.3 Å². The van der Waals surface area contributed by atoms with Gasteiger partial charge in [-0.1, -0.05) is 26.8 Å². The number of carbonyl (C=O) groups is 3. The molecule has 1 aliphatic heterocycles. The van der Waals surface area contributed by atoms with Gasteiger partial charge < -0.3 is 10.6 Å². The number of hydrogen-bond donors (Lipinski definition) is 2. The average molecular weight is 398 g/mol. The van der Waals surface area contributed by atoms with Gasteiger partial charge in [0.2, 0.25) is 5.91 Å². The SMILES string of the molecule is C[C@@H]1CC(C)(C)C[C@@]2(C1)NC(=O)N(CC(=O)NCc1nnc3ccccn13)C2=O. The van der Waals surface area contributed by atoms with E-state index in [4.69, 9.17) is 0 Å². The van der Waals surface area contributed by atoms with E-state index in [0.717, 1.165) is 11.3 Å². The first-order chi connectivity index (χ1) is 13.7. The molecule has 1 spiro atoms. The van der Waals surface area contributed by atoms with Crippen LogP contribution in [-0.4, -0.2) is 49.4 Å². The number of amides is 4. The number of urea groups is 1. The molecule has 0 radical (unpaired) electrons. The maximum Gasteiger partial charge on any atom is 0.325 e. The van der Waals surface area contributed by atoms with Gasteiger partial charge in [-0.2, -0.15) is 0 Å². The Morgan fingerprint density at radius 2 is 2.07 bits per heavy atom. The molecule has 3 heterocycles. The van der Waals surface area contributed by atoms with E-state index in [2.05, 4.69) is 41.6 Å². The highest BCUT2D eigenvalue weighted by Gasteiger charge is 2.56. The molecule has 0 unspecified atom stereocenters. The van der Waals surface area contributed by atoms with Gasteiger partial charge in [0.15, 0.2) is 11.5 Å². The van der Waals surface area contributed by atoms with E-state index >= 15 is 0 Å². The molecule has 9 nitrogen and oxygen atoms in total. The van der Waals surface area contributed by atoms with Gasteiger partial charge in [-0.15, -0.1) is 10.2 Å². The Morgan fingerprint density at radius 3 is 2.83 bits per heavy atom. The van der Waals surface area contributed by atoms with Crippen molar-refractivity contribution >= 4 is 23.5 Å². The summed E-state index contributed by atoms with van der Waals surface area (Å²) in [6.07, 6.45) is 4.00. The lowest BCUT2D eigenvalue weighted by atomic mass is 9.64. The van der Waals surface area contributed by atoms with Gasteiger partial charge in [-0.25, -0.2) is 4.79 Å². The molecule has 2 aromatic rings. The lowest BCUT2D eigenvalue weighted by molar-refractivity contribution is -0.137. The number of fused-ring (bicyclic) bond motifs is 1. The molecule has 0 aromatic carbocycles. The van der Waals surface area contributed by atoms with Crippen molar-refractivity contribution in [3.8, 4) is 0 Å². The Kier molecular flexibility index (Phi) is 4.55. The van der Waals surface area contributed by atoms with Crippen LogP contribution < -0.4 is 10.6 Å². The van der Waals surface area contributed by atoms with Crippen molar-refractivity contribution in [3.63, 3.8) is 0 Å². The van der Waals surface area contributed by atoms with Crippen LogP contribution in [0.15, 0.2) is 24.4 Å². The van der Waals surface area contributed by atoms with Crippen LogP contribution in [-0.2, 0) is 16.1 Å². The Morgan fingerprint density at radius 1 is 1.28 bits per heavy atom. The molecule has 9 heteroatoms. The average Bonchev–Trinajstić information content (AvgIpc) is 3.13. The van der Waals surface area contributed by atoms with Gasteiger partial charge in [0, 0.05) is 6.20 Å². The van der Waals surface area contributed by atoms with Gasteiger partial charge in [0.1, 0.15) is 12.1 Å². The van der Waals surface area contributed by atoms with Crippen molar-refractivity contribution in [2.24, 2.45) is 11.3 Å². The third kappa shape index (κ3) is 3.56. The molecule has 2 fully saturated rings. The Labute approximate surface area is 168 Å². The third-order valence-corrected chi connectivity index (χ3v) is 5.75. The molecule has 2 aliphatic rings. The fourth-order valence-electron chi connectivity index (χ4n) is 5.04. The highest BCUT2D eigenvalue weighted by atomic mass is 16.2. The van der Waals surface area contributed by atoms with Crippen molar-refractivity contribution in [2.75, 3.05) is 6.54 Å². The number of nitrogens with zero attached hydrogens (tertiary/aromatic N) is 4. The predicted molar refractivity (Wildman–Crippen MR) is 105 cm³/mol. The lowest BCUT2D eigenvalue weighted by Crippen LogP contribution is -2.54. The minimum Gasteiger partial charge on any atom is -0.347 e. The van der Waals surface area contributed by atoms with Crippen molar-refractivity contribution in [3.05, 3.63) is 30.2 Å². The number of imide groups is 1. The third-order valence-electron chi connectivity index (χ3n) is 5.75. The Bertz CT molecular complexity index is 984. The van der Waals surface area contributed by atoms with Gasteiger partial charge in [-0.3, -0.25) is 18.9 Å². The second-order valence-electron chi connectivity index (χ2n) is 9.08.